The summed E-state index contributed by atoms with van der Waals surface area (Å²) in [7, 11) is 1.96. The second-order valence-corrected chi connectivity index (χ2v) is 10.4. The molecule has 1 amide bonds. The Balaban J connectivity index is 1.76. The molecule has 200 valence electrons. The summed E-state index contributed by atoms with van der Waals surface area (Å²) in [6.45, 7) is 12.4. The van der Waals surface area contributed by atoms with Crippen LogP contribution in [-0.4, -0.2) is 50.2 Å². The topological polar surface area (TPSA) is 75.9 Å². The number of hydrogen-bond acceptors (Lipinski definition) is 5. The molecule has 7 nitrogen and oxygen atoms in total. The molecule has 8 heteroatoms. The predicted octanol–water partition coefficient (Wildman–Crippen LogP) is 5.99. The third-order valence-electron chi connectivity index (χ3n) is 7.06. The van der Waals surface area contributed by atoms with Crippen molar-refractivity contribution in [3.63, 3.8) is 0 Å². The molecule has 38 heavy (non-hydrogen) atoms. The summed E-state index contributed by atoms with van der Waals surface area (Å²) in [6, 6.07) is 11.5. The van der Waals surface area contributed by atoms with Crippen LogP contribution < -0.4 is 5.32 Å². The van der Waals surface area contributed by atoms with E-state index in [9.17, 15) is 4.79 Å². The van der Waals surface area contributed by atoms with Crippen LogP contribution in [0, 0.1) is 13.8 Å². The van der Waals surface area contributed by atoms with E-state index in [1.807, 2.05) is 74.8 Å². The molecule has 0 saturated carbocycles. The van der Waals surface area contributed by atoms with Crippen molar-refractivity contribution in [2.45, 2.75) is 66.6 Å². The maximum Gasteiger partial charge on any atom is 0.255 e. The van der Waals surface area contributed by atoms with E-state index in [0.717, 1.165) is 54.0 Å². The zero-order valence-electron chi connectivity index (χ0n) is 23.2. The number of fused-ring (bicyclic) bond motifs is 1. The van der Waals surface area contributed by atoms with Crippen molar-refractivity contribution < 1.29 is 4.79 Å². The number of amides is 1. The van der Waals surface area contributed by atoms with Crippen molar-refractivity contribution in [2.24, 2.45) is 0 Å². The van der Waals surface area contributed by atoms with E-state index < -0.39 is 0 Å². The number of nitrogens with one attached hydrogen (secondary N) is 1. The minimum atomic E-state index is -0.0695. The van der Waals surface area contributed by atoms with Crippen molar-refractivity contribution in [3.8, 4) is 11.4 Å². The van der Waals surface area contributed by atoms with E-state index in [-0.39, 0.29) is 11.9 Å². The average molecular weight is 533 g/mol. The van der Waals surface area contributed by atoms with Crippen LogP contribution in [0.1, 0.15) is 60.1 Å². The van der Waals surface area contributed by atoms with Gasteiger partial charge in [0.25, 0.3) is 5.91 Å². The Labute approximate surface area is 230 Å². The lowest BCUT2D eigenvalue weighted by atomic mass is 10.0. The van der Waals surface area contributed by atoms with Gasteiger partial charge in [0.2, 0.25) is 0 Å². The lowest BCUT2D eigenvalue weighted by molar-refractivity contribution is 0.0692. The highest BCUT2D eigenvalue weighted by molar-refractivity contribution is 6.31. The number of carbonyl (C=O) groups is 1. The molecular weight excluding hydrogens is 496 g/mol. The summed E-state index contributed by atoms with van der Waals surface area (Å²) in [4.78, 5) is 25.8. The highest BCUT2D eigenvalue weighted by Crippen LogP contribution is 2.29. The molecule has 4 aromatic rings. The molecule has 0 spiro atoms. The molecule has 0 aliphatic carbocycles. The summed E-state index contributed by atoms with van der Waals surface area (Å²) in [5, 5.41) is 8.96. The van der Waals surface area contributed by atoms with Gasteiger partial charge in [0.1, 0.15) is 0 Å². The number of pyridine rings is 2. The molecule has 4 rings (SSSR count). The summed E-state index contributed by atoms with van der Waals surface area (Å²) >= 11 is 6.37. The summed E-state index contributed by atoms with van der Waals surface area (Å²) in [5.74, 6) is -0.0695. The van der Waals surface area contributed by atoms with Crippen LogP contribution in [-0.2, 0) is 19.5 Å². The number of aryl methyl sites for hydroxylation is 3. The largest absolute Gasteiger partial charge is 0.332 e. The van der Waals surface area contributed by atoms with Gasteiger partial charge in [0.15, 0.2) is 0 Å². The normalized spacial score (nSPS) is 11.5. The van der Waals surface area contributed by atoms with E-state index >= 15 is 0 Å². The Bertz CT molecular complexity index is 1440. The van der Waals surface area contributed by atoms with Gasteiger partial charge in [-0.05, 0) is 96.9 Å². The average Bonchev–Trinajstić information content (AvgIpc) is 3.26. The number of benzene rings is 1. The number of rotatable bonds is 10. The first-order valence-corrected chi connectivity index (χ1v) is 13.6. The van der Waals surface area contributed by atoms with Crippen molar-refractivity contribution >= 4 is 28.4 Å². The van der Waals surface area contributed by atoms with Gasteiger partial charge in [0, 0.05) is 46.5 Å². The van der Waals surface area contributed by atoms with Crippen molar-refractivity contribution in [3.05, 3.63) is 75.7 Å². The molecule has 0 bridgehead atoms. The van der Waals surface area contributed by atoms with E-state index in [1.165, 1.54) is 5.56 Å². The molecule has 1 aromatic carbocycles. The van der Waals surface area contributed by atoms with Gasteiger partial charge in [-0.3, -0.25) is 14.5 Å². The van der Waals surface area contributed by atoms with Gasteiger partial charge >= 0.3 is 0 Å². The standard InChI is InChI=1S/C30H37ClN6O/c1-7-37-21(5)23(17-33-37)18-36(19(2)3)30(38)26-16-29(35-27-13-11-24(31)15-25(26)27)28-12-10-22(20(4)34-28)9-8-14-32-6/h10-13,15-17,19,32H,7-9,14,18H2,1-6H3. The Morgan fingerprint density at radius 3 is 2.53 bits per heavy atom. The van der Waals surface area contributed by atoms with Crippen LogP contribution >= 0.6 is 11.6 Å². The van der Waals surface area contributed by atoms with Crippen LogP contribution in [0.4, 0.5) is 0 Å². The summed E-state index contributed by atoms with van der Waals surface area (Å²) < 4.78 is 1.95. The Morgan fingerprint density at radius 1 is 1.08 bits per heavy atom. The molecule has 0 saturated heterocycles. The fourth-order valence-electron chi connectivity index (χ4n) is 4.74. The Hall–Kier alpha value is -3.29. The molecule has 3 aromatic heterocycles. The predicted molar refractivity (Wildman–Crippen MR) is 155 cm³/mol. The van der Waals surface area contributed by atoms with Crippen molar-refractivity contribution in [2.75, 3.05) is 13.6 Å². The number of carbonyl (C=O) groups excluding carboxylic acids is 1. The maximum atomic E-state index is 14.2. The first-order chi connectivity index (χ1) is 18.2. The fourth-order valence-corrected chi connectivity index (χ4v) is 4.92. The third-order valence-corrected chi connectivity index (χ3v) is 7.30. The smallest absolute Gasteiger partial charge is 0.255 e. The van der Waals surface area contributed by atoms with Crippen LogP contribution in [0.2, 0.25) is 5.02 Å². The second kappa shape index (κ2) is 12.0. The number of halogens is 1. The van der Waals surface area contributed by atoms with Gasteiger partial charge in [-0.15, -0.1) is 0 Å². The SMILES string of the molecule is CCn1ncc(CN(C(=O)c2cc(-c3ccc(CCCNC)c(C)n3)nc3ccc(Cl)cc23)C(C)C)c1C. The van der Waals surface area contributed by atoms with Crippen LogP contribution in [0.3, 0.4) is 0 Å². The Kier molecular flexibility index (Phi) is 8.80. The van der Waals surface area contributed by atoms with Gasteiger partial charge in [-0.1, -0.05) is 17.7 Å². The quantitative estimate of drug-likeness (QED) is 0.254. The first-order valence-electron chi connectivity index (χ1n) is 13.3. The van der Waals surface area contributed by atoms with E-state index in [2.05, 4.69) is 23.4 Å². The molecule has 0 aliphatic heterocycles. The summed E-state index contributed by atoms with van der Waals surface area (Å²) in [5.41, 5.74) is 7.03. The Morgan fingerprint density at radius 2 is 1.87 bits per heavy atom. The highest BCUT2D eigenvalue weighted by atomic mass is 35.5. The number of nitrogens with zero attached hydrogens (tertiary/aromatic N) is 5. The van der Waals surface area contributed by atoms with E-state index in [0.29, 0.717) is 28.3 Å². The molecule has 1 N–H and O–H groups in total. The number of aromatic nitrogens is 4. The molecule has 0 atom stereocenters. The van der Waals surface area contributed by atoms with Gasteiger partial charge in [-0.25, -0.2) is 4.98 Å². The number of hydrogen-bond donors (Lipinski definition) is 1. The van der Waals surface area contributed by atoms with E-state index in [4.69, 9.17) is 21.6 Å². The monoisotopic (exact) mass is 532 g/mol. The lowest BCUT2D eigenvalue weighted by Crippen LogP contribution is -2.36. The molecular formula is C30H37ClN6O. The highest BCUT2D eigenvalue weighted by Gasteiger charge is 2.24. The molecule has 0 fully saturated rings. The molecule has 0 aliphatic rings. The zero-order valence-corrected chi connectivity index (χ0v) is 23.9. The van der Waals surface area contributed by atoms with Crippen molar-refractivity contribution in [1.82, 2.24) is 30.0 Å². The van der Waals surface area contributed by atoms with Gasteiger partial charge < -0.3 is 10.2 Å². The van der Waals surface area contributed by atoms with Crippen molar-refractivity contribution in [1.29, 1.82) is 0 Å². The molecule has 0 radical (unpaired) electrons. The van der Waals surface area contributed by atoms with E-state index in [1.54, 1.807) is 6.07 Å². The summed E-state index contributed by atoms with van der Waals surface area (Å²) in [6.07, 6.45) is 3.87. The molecule has 0 unspecified atom stereocenters. The minimum absolute atomic E-state index is 0.0185. The van der Waals surface area contributed by atoms with Crippen LogP contribution in [0.5, 0.6) is 0 Å². The maximum absolute atomic E-state index is 14.2. The third kappa shape index (κ3) is 5.89. The van der Waals surface area contributed by atoms with Gasteiger partial charge in [-0.2, -0.15) is 5.10 Å². The minimum Gasteiger partial charge on any atom is -0.332 e. The fraction of sp³-hybridized carbons (Fsp3) is 0.400. The van der Waals surface area contributed by atoms with Crippen LogP contribution in [0.25, 0.3) is 22.3 Å². The lowest BCUT2D eigenvalue weighted by Gasteiger charge is -2.27. The second-order valence-electron chi connectivity index (χ2n) is 9.96. The molecule has 3 heterocycles. The van der Waals surface area contributed by atoms with Crippen LogP contribution in [0.15, 0.2) is 42.6 Å². The zero-order chi connectivity index (χ0) is 27.4. The van der Waals surface area contributed by atoms with Gasteiger partial charge in [0.05, 0.1) is 28.7 Å². The first kappa shape index (κ1) is 27.7.